The van der Waals surface area contributed by atoms with E-state index in [1.54, 1.807) is 12.4 Å². The fourth-order valence-electron chi connectivity index (χ4n) is 1.37. The van der Waals surface area contributed by atoms with E-state index in [1.165, 1.54) is 5.56 Å². The van der Waals surface area contributed by atoms with Crippen LogP contribution in [0.3, 0.4) is 0 Å². The molecule has 0 amide bonds. The van der Waals surface area contributed by atoms with Crippen molar-refractivity contribution in [2.24, 2.45) is 0 Å². The van der Waals surface area contributed by atoms with Crippen molar-refractivity contribution < 1.29 is 0 Å². The monoisotopic (exact) mass is 262 g/mol. The van der Waals surface area contributed by atoms with Gasteiger partial charge in [0.1, 0.15) is 0 Å². The van der Waals surface area contributed by atoms with Gasteiger partial charge in [0.2, 0.25) is 0 Å². The quantitative estimate of drug-likeness (QED) is 0.793. The SMILES string of the molecule is BrCCC=Cc1ccc2nccnc2c1. The van der Waals surface area contributed by atoms with Gasteiger partial charge in [-0.3, -0.25) is 9.97 Å². The van der Waals surface area contributed by atoms with Gasteiger partial charge in [0.25, 0.3) is 0 Å². The minimum Gasteiger partial charge on any atom is -0.253 e. The molecule has 0 spiro atoms. The van der Waals surface area contributed by atoms with Crippen LogP contribution in [0.5, 0.6) is 0 Å². The average molecular weight is 263 g/mol. The Bertz CT molecular complexity index is 480. The molecule has 0 aliphatic carbocycles. The van der Waals surface area contributed by atoms with E-state index in [0.29, 0.717) is 0 Å². The zero-order chi connectivity index (χ0) is 10.5. The molecule has 0 fully saturated rings. The number of aromatic nitrogens is 2. The summed E-state index contributed by atoms with van der Waals surface area (Å²) < 4.78 is 0. The normalized spacial score (nSPS) is 11.3. The summed E-state index contributed by atoms with van der Waals surface area (Å²) in [4.78, 5) is 8.49. The van der Waals surface area contributed by atoms with E-state index >= 15 is 0 Å². The van der Waals surface area contributed by atoms with Crippen molar-refractivity contribution in [3.05, 3.63) is 42.2 Å². The highest BCUT2D eigenvalue weighted by atomic mass is 79.9. The van der Waals surface area contributed by atoms with Crippen LogP contribution in [0.4, 0.5) is 0 Å². The molecule has 15 heavy (non-hydrogen) atoms. The van der Waals surface area contributed by atoms with E-state index in [4.69, 9.17) is 0 Å². The molecule has 2 nitrogen and oxygen atoms in total. The maximum absolute atomic E-state index is 4.26. The summed E-state index contributed by atoms with van der Waals surface area (Å²) in [6.07, 6.45) is 8.72. The highest BCUT2D eigenvalue weighted by Gasteiger charge is 1.94. The topological polar surface area (TPSA) is 25.8 Å². The number of nitrogens with zero attached hydrogens (tertiary/aromatic N) is 2. The fourth-order valence-corrected chi connectivity index (χ4v) is 1.63. The second-order valence-corrected chi connectivity index (χ2v) is 3.98. The van der Waals surface area contributed by atoms with Crippen molar-refractivity contribution in [3.8, 4) is 0 Å². The van der Waals surface area contributed by atoms with Gasteiger partial charge in [0, 0.05) is 17.7 Å². The van der Waals surface area contributed by atoms with Crippen molar-refractivity contribution in [1.29, 1.82) is 0 Å². The van der Waals surface area contributed by atoms with E-state index in [9.17, 15) is 0 Å². The van der Waals surface area contributed by atoms with Crippen molar-refractivity contribution in [2.45, 2.75) is 6.42 Å². The van der Waals surface area contributed by atoms with Crippen LogP contribution in [0.2, 0.25) is 0 Å². The molecule has 2 aromatic rings. The zero-order valence-corrected chi connectivity index (χ0v) is 9.81. The minimum absolute atomic E-state index is 0.940. The smallest absolute Gasteiger partial charge is 0.0892 e. The molecule has 0 aliphatic rings. The van der Waals surface area contributed by atoms with E-state index in [-0.39, 0.29) is 0 Å². The van der Waals surface area contributed by atoms with Crippen molar-refractivity contribution in [2.75, 3.05) is 5.33 Å². The van der Waals surface area contributed by atoms with Crippen molar-refractivity contribution >= 4 is 33.0 Å². The lowest BCUT2D eigenvalue weighted by molar-refractivity contribution is 1.27. The second-order valence-electron chi connectivity index (χ2n) is 3.18. The van der Waals surface area contributed by atoms with Gasteiger partial charge in [0.15, 0.2) is 0 Å². The third-order valence-corrected chi connectivity index (χ3v) is 2.54. The van der Waals surface area contributed by atoms with Crippen LogP contribution in [-0.4, -0.2) is 15.3 Å². The van der Waals surface area contributed by atoms with Gasteiger partial charge in [-0.25, -0.2) is 0 Å². The number of hydrogen-bond donors (Lipinski definition) is 0. The summed E-state index contributed by atoms with van der Waals surface area (Å²) in [5.74, 6) is 0. The summed E-state index contributed by atoms with van der Waals surface area (Å²) >= 11 is 3.39. The van der Waals surface area contributed by atoms with Gasteiger partial charge in [-0.1, -0.05) is 34.1 Å². The molecule has 76 valence electrons. The Morgan fingerprint density at radius 2 is 1.93 bits per heavy atom. The first-order chi connectivity index (χ1) is 7.40. The van der Waals surface area contributed by atoms with Gasteiger partial charge in [-0.15, -0.1) is 0 Å². The van der Waals surface area contributed by atoms with E-state index in [0.717, 1.165) is 22.8 Å². The standard InChI is InChI=1S/C12H11BrN2/c13-6-2-1-3-10-4-5-11-12(9-10)15-8-7-14-11/h1,3-5,7-9H,2,6H2. The van der Waals surface area contributed by atoms with E-state index in [1.807, 2.05) is 12.1 Å². The van der Waals surface area contributed by atoms with Gasteiger partial charge in [0.05, 0.1) is 11.0 Å². The first kappa shape index (κ1) is 10.3. The van der Waals surface area contributed by atoms with Gasteiger partial charge in [-0.05, 0) is 24.1 Å². The molecule has 0 aliphatic heterocycles. The molecule has 0 N–H and O–H groups in total. The lowest BCUT2D eigenvalue weighted by Crippen LogP contribution is -1.82. The lowest BCUT2D eigenvalue weighted by Gasteiger charge is -1.97. The molecule has 0 bridgehead atoms. The van der Waals surface area contributed by atoms with Gasteiger partial charge < -0.3 is 0 Å². The molecule has 0 atom stereocenters. The average Bonchev–Trinajstić information content (AvgIpc) is 2.29. The van der Waals surface area contributed by atoms with Crippen LogP contribution in [0.25, 0.3) is 17.1 Å². The first-order valence-electron chi connectivity index (χ1n) is 4.83. The number of allylic oxidation sites excluding steroid dienone is 1. The maximum atomic E-state index is 4.26. The van der Waals surface area contributed by atoms with Crippen LogP contribution in [0, 0.1) is 0 Å². The van der Waals surface area contributed by atoms with Crippen LogP contribution in [0.1, 0.15) is 12.0 Å². The lowest BCUT2D eigenvalue weighted by atomic mass is 10.2. The predicted octanol–water partition coefficient (Wildman–Crippen LogP) is 3.43. The fraction of sp³-hybridized carbons (Fsp3) is 0.167. The largest absolute Gasteiger partial charge is 0.253 e. The van der Waals surface area contributed by atoms with Gasteiger partial charge >= 0.3 is 0 Å². The van der Waals surface area contributed by atoms with Crippen molar-refractivity contribution in [3.63, 3.8) is 0 Å². The summed E-state index contributed by atoms with van der Waals surface area (Å²) in [5, 5.41) is 0.997. The Kier molecular flexibility index (Phi) is 3.45. The van der Waals surface area contributed by atoms with E-state index < -0.39 is 0 Å². The Hall–Kier alpha value is -1.22. The molecule has 2 rings (SSSR count). The number of alkyl halides is 1. The van der Waals surface area contributed by atoms with Crippen LogP contribution < -0.4 is 0 Å². The van der Waals surface area contributed by atoms with E-state index in [2.05, 4.69) is 44.1 Å². The molecular weight excluding hydrogens is 252 g/mol. The zero-order valence-electron chi connectivity index (χ0n) is 8.23. The van der Waals surface area contributed by atoms with Crippen LogP contribution >= 0.6 is 15.9 Å². The molecule has 1 aromatic carbocycles. The number of benzene rings is 1. The molecular formula is C12H11BrN2. The molecule has 0 saturated heterocycles. The Labute approximate surface area is 97.2 Å². The molecule has 1 heterocycles. The Morgan fingerprint density at radius 1 is 1.13 bits per heavy atom. The Balaban J connectivity index is 2.30. The first-order valence-corrected chi connectivity index (χ1v) is 5.95. The number of fused-ring (bicyclic) bond motifs is 1. The second kappa shape index (κ2) is 5.03. The summed E-state index contributed by atoms with van der Waals surface area (Å²) in [6.45, 7) is 0. The van der Waals surface area contributed by atoms with Gasteiger partial charge in [-0.2, -0.15) is 0 Å². The van der Waals surface area contributed by atoms with Crippen LogP contribution in [-0.2, 0) is 0 Å². The maximum Gasteiger partial charge on any atom is 0.0892 e. The molecule has 0 unspecified atom stereocenters. The summed E-state index contributed by atoms with van der Waals surface area (Å²) in [6, 6.07) is 6.10. The highest BCUT2D eigenvalue weighted by Crippen LogP contribution is 2.12. The third kappa shape index (κ3) is 2.63. The number of halogens is 1. The third-order valence-electron chi connectivity index (χ3n) is 2.08. The van der Waals surface area contributed by atoms with Crippen molar-refractivity contribution in [1.82, 2.24) is 9.97 Å². The summed E-state index contributed by atoms with van der Waals surface area (Å²) in [5.41, 5.74) is 3.05. The number of rotatable bonds is 3. The number of hydrogen-bond acceptors (Lipinski definition) is 2. The molecule has 1 aromatic heterocycles. The molecule has 0 saturated carbocycles. The Morgan fingerprint density at radius 3 is 2.73 bits per heavy atom. The van der Waals surface area contributed by atoms with Crippen LogP contribution in [0.15, 0.2) is 36.7 Å². The summed E-state index contributed by atoms with van der Waals surface area (Å²) in [7, 11) is 0. The highest BCUT2D eigenvalue weighted by molar-refractivity contribution is 9.09. The minimum atomic E-state index is 0.940. The predicted molar refractivity (Wildman–Crippen MR) is 67.0 cm³/mol. The molecule has 3 heteroatoms. The molecule has 0 radical (unpaired) electrons.